The summed E-state index contributed by atoms with van der Waals surface area (Å²) in [5, 5.41) is 6.50. The van der Waals surface area contributed by atoms with Gasteiger partial charge >= 0.3 is 0 Å². The Balaban J connectivity index is 1.94. The van der Waals surface area contributed by atoms with Crippen molar-refractivity contribution in [2.45, 2.75) is 24.3 Å². The fourth-order valence-corrected chi connectivity index (χ4v) is 4.79. The Kier molecular flexibility index (Phi) is 6.91. The molecule has 1 unspecified atom stereocenters. The van der Waals surface area contributed by atoms with Crippen LogP contribution in [-0.4, -0.2) is 18.3 Å². The van der Waals surface area contributed by atoms with Gasteiger partial charge < -0.3 is 5.32 Å². The lowest BCUT2D eigenvalue weighted by atomic mass is 10.2. The zero-order valence-corrected chi connectivity index (χ0v) is 15.2. The van der Waals surface area contributed by atoms with Gasteiger partial charge in [-0.25, -0.2) is 0 Å². The highest BCUT2D eigenvalue weighted by molar-refractivity contribution is 9.10. The zero-order valence-electron chi connectivity index (χ0n) is 11.2. The van der Waals surface area contributed by atoms with E-state index in [4.69, 9.17) is 11.6 Å². The Hall–Kier alpha value is -0.000000000000000111. The van der Waals surface area contributed by atoms with Crippen LogP contribution in [-0.2, 0) is 6.42 Å². The second-order valence-corrected chi connectivity index (χ2v) is 7.80. The molecule has 0 aliphatic carbocycles. The summed E-state index contributed by atoms with van der Waals surface area (Å²) >= 11 is 13.3. The highest BCUT2D eigenvalue weighted by Crippen LogP contribution is 2.27. The van der Waals surface area contributed by atoms with Crippen molar-refractivity contribution in [1.82, 2.24) is 5.32 Å². The van der Waals surface area contributed by atoms with Crippen molar-refractivity contribution >= 4 is 50.6 Å². The number of rotatable bonds is 7. The fraction of sp³-hybridized carbons (Fsp3) is 0.333. The molecule has 108 valence electrons. The van der Waals surface area contributed by atoms with Crippen LogP contribution in [0.3, 0.4) is 0 Å². The van der Waals surface area contributed by atoms with E-state index in [0.717, 1.165) is 23.7 Å². The summed E-state index contributed by atoms with van der Waals surface area (Å²) in [5.41, 5.74) is 0. The molecule has 0 radical (unpaired) electrons. The predicted octanol–water partition coefficient (Wildman–Crippen LogP) is 5.48. The van der Waals surface area contributed by atoms with E-state index < -0.39 is 0 Å². The molecule has 0 saturated carbocycles. The van der Waals surface area contributed by atoms with Crippen LogP contribution in [0.4, 0.5) is 0 Å². The van der Waals surface area contributed by atoms with Crippen molar-refractivity contribution < 1.29 is 0 Å². The first kappa shape index (κ1) is 16.4. The molecular weight excluding hydrogens is 374 g/mol. The maximum atomic E-state index is 6.02. The lowest BCUT2D eigenvalue weighted by molar-refractivity contribution is 0.575. The Bertz CT molecular complexity index is 544. The van der Waals surface area contributed by atoms with Gasteiger partial charge in [-0.1, -0.05) is 24.6 Å². The topological polar surface area (TPSA) is 12.0 Å². The molecular formula is C15H17BrClNS2. The van der Waals surface area contributed by atoms with E-state index in [9.17, 15) is 0 Å². The normalized spacial score (nSPS) is 12.6. The van der Waals surface area contributed by atoms with Crippen LogP contribution in [0.1, 0.15) is 11.8 Å². The quantitative estimate of drug-likeness (QED) is 0.628. The maximum absolute atomic E-state index is 6.02. The summed E-state index contributed by atoms with van der Waals surface area (Å²) in [5.74, 6) is 1.04. The van der Waals surface area contributed by atoms with Gasteiger partial charge in [0.2, 0.25) is 0 Å². The van der Waals surface area contributed by atoms with E-state index >= 15 is 0 Å². The number of hydrogen-bond acceptors (Lipinski definition) is 3. The molecule has 0 bridgehead atoms. The van der Waals surface area contributed by atoms with E-state index in [1.54, 1.807) is 0 Å². The summed E-state index contributed by atoms with van der Waals surface area (Å²) < 4.78 is 1.22. The van der Waals surface area contributed by atoms with Crippen LogP contribution in [0, 0.1) is 0 Å². The molecule has 1 aromatic carbocycles. The molecule has 2 rings (SSSR count). The summed E-state index contributed by atoms with van der Waals surface area (Å²) in [6.45, 7) is 3.14. The largest absolute Gasteiger partial charge is 0.313 e. The molecule has 0 aliphatic heterocycles. The molecule has 2 aromatic rings. The average molecular weight is 391 g/mol. The smallest absolute Gasteiger partial charge is 0.0417 e. The minimum atomic E-state index is 0.471. The standard InChI is InChI=1S/C15H17BrClNS2/c1-2-18-12(9-15-14(16)6-7-19-15)10-20-13-5-3-4-11(17)8-13/h3-8,12,18H,2,9-10H2,1H3. The summed E-state index contributed by atoms with van der Waals surface area (Å²) in [4.78, 5) is 2.63. The molecule has 0 amide bonds. The second kappa shape index (κ2) is 8.44. The van der Waals surface area contributed by atoms with Crippen molar-refractivity contribution in [3.8, 4) is 0 Å². The maximum Gasteiger partial charge on any atom is 0.0417 e. The average Bonchev–Trinajstić information content (AvgIpc) is 2.82. The molecule has 1 atom stereocenters. The van der Waals surface area contributed by atoms with Gasteiger partial charge in [0.15, 0.2) is 0 Å². The molecule has 0 fully saturated rings. The van der Waals surface area contributed by atoms with Crippen LogP contribution in [0.5, 0.6) is 0 Å². The highest BCUT2D eigenvalue weighted by Gasteiger charge is 2.12. The van der Waals surface area contributed by atoms with Crippen LogP contribution in [0.15, 0.2) is 45.1 Å². The Morgan fingerprint density at radius 2 is 2.25 bits per heavy atom. The van der Waals surface area contributed by atoms with E-state index in [1.165, 1.54) is 14.2 Å². The Morgan fingerprint density at radius 3 is 2.90 bits per heavy atom. The van der Waals surface area contributed by atoms with Crippen molar-refractivity contribution in [2.24, 2.45) is 0 Å². The zero-order chi connectivity index (χ0) is 14.4. The van der Waals surface area contributed by atoms with Crippen molar-refractivity contribution in [2.75, 3.05) is 12.3 Å². The first-order valence-electron chi connectivity index (χ1n) is 6.52. The van der Waals surface area contributed by atoms with Gasteiger partial charge in [-0.3, -0.25) is 0 Å². The van der Waals surface area contributed by atoms with Crippen molar-refractivity contribution in [3.63, 3.8) is 0 Å². The molecule has 5 heteroatoms. The summed E-state index contributed by atoms with van der Waals surface area (Å²) in [7, 11) is 0. The molecule has 1 nitrogen and oxygen atoms in total. The third kappa shape index (κ3) is 5.08. The summed E-state index contributed by atoms with van der Waals surface area (Å²) in [6, 6.07) is 10.6. The monoisotopic (exact) mass is 389 g/mol. The summed E-state index contributed by atoms with van der Waals surface area (Å²) in [6.07, 6.45) is 1.06. The SMILES string of the molecule is CCNC(CSc1cccc(Cl)c1)Cc1sccc1Br. The molecule has 20 heavy (non-hydrogen) atoms. The number of nitrogens with one attached hydrogen (secondary N) is 1. The Labute approximate surface area is 142 Å². The highest BCUT2D eigenvalue weighted by atomic mass is 79.9. The lowest BCUT2D eigenvalue weighted by Crippen LogP contribution is -2.33. The predicted molar refractivity (Wildman–Crippen MR) is 95.4 cm³/mol. The van der Waals surface area contributed by atoms with Gasteiger partial charge in [0.05, 0.1) is 0 Å². The third-order valence-corrected chi connectivity index (χ3v) is 6.20. The first-order valence-corrected chi connectivity index (χ1v) is 9.56. The molecule has 1 heterocycles. The molecule has 0 spiro atoms. The molecule has 1 aromatic heterocycles. The van der Waals surface area contributed by atoms with Crippen LogP contribution >= 0.6 is 50.6 Å². The third-order valence-electron chi connectivity index (χ3n) is 2.86. The van der Waals surface area contributed by atoms with Crippen molar-refractivity contribution in [3.05, 3.63) is 50.1 Å². The van der Waals surface area contributed by atoms with E-state index in [0.29, 0.717) is 6.04 Å². The van der Waals surface area contributed by atoms with E-state index in [2.05, 4.69) is 45.7 Å². The van der Waals surface area contributed by atoms with Gasteiger partial charge in [-0.05, 0) is 58.5 Å². The first-order chi connectivity index (χ1) is 9.69. The molecule has 0 saturated heterocycles. The Morgan fingerprint density at radius 1 is 1.40 bits per heavy atom. The number of thiophene rings is 1. The van der Waals surface area contributed by atoms with Crippen LogP contribution in [0.25, 0.3) is 0 Å². The molecule has 0 aliphatic rings. The number of thioether (sulfide) groups is 1. The van der Waals surface area contributed by atoms with E-state index in [1.807, 2.05) is 41.3 Å². The van der Waals surface area contributed by atoms with E-state index in [-0.39, 0.29) is 0 Å². The van der Waals surface area contributed by atoms with Gasteiger partial charge in [0.25, 0.3) is 0 Å². The minimum Gasteiger partial charge on any atom is -0.313 e. The number of benzene rings is 1. The second-order valence-electron chi connectivity index (χ2n) is 4.42. The molecule has 1 N–H and O–H groups in total. The van der Waals surface area contributed by atoms with Crippen LogP contribution < -0.4 is 5.32 Å². The lowest BCUT2D eigenvalue weighted by Gasteiger charge is -2.17. The number of hydrogen-bond donors (Lipinski definition) is 1. The number of halogens is 2. The van der Waals surface area contributed by atoms with Gasteiger partial charge in [0, 0.05) is 31.1 Å². The minimum absolute atomic E-state index is 0.471. The van der Waals surface area contributed by atoms with Gasteiger partial charge in [0.1, 0.15) is 0 Å². The van der Waals surface area contributed by atoms with Gasteiger partial charge in [-0.2, -0.15) is 0 Å². The number of likely N-dealkylation sites (N-methyl/N-ethyl adjacent to an activating group) is 1. The van der Waals surface area contributed by atoms with Crippen molar-refractivity contribution in [1.29, 1.82) is 0 Å². The fourth-order valence-electron chi connectivity index (χ4n) is 1.93. The van der Waals surface area contributed by atoms with Crippen LogP contribution in [0.2, 0.25) is 5.02 Å². The van der Waals surface area contributed by atoms with Gasteiger partial charge in [-0.15, -0.1) is 23.1 Å².